The van der Waals surface area contributed by atoms with E-state index in [2.05, 4.69) is 4.98 Å². The summed E-state index contributed by atoms with van der Waals surface area (Å²) >= 11 is 0. The summed E-state index contributed by atoms with van der Waals surface area (Å²) in [6.07, 6.45) is 2.75. The highest BCUT2D eigenvalue weighted by Crippen LogP contribution is 2.15. The monoisotopic (exact) mass is 283 g/mol. The van der Waals surface area contributed by atoms with Crippen LogP contribution in [0.2, 0.25) is 0 Å². The van der Waals surface area contributed by atoms with Crippen LogP contribution in [0.1, 0.15) is 5.56 Å². The summed E-state index contributed by atoms with van der Waals surface area (Å²) in [5, 5.41) is 0. The van der Waals surface area contributed by atoms with Crippen molar-refractivity contribution in [2.75, 3.05) is 11.5 Å². The van der Waals surface area contributed by atoms with Crippen LogP contribution in [0.3, 0.4) is 0 Å². The molecule has 1 heterocycles. The minimum Gasteiger partial charge on any atom is -0.264 e. The summed E-state index contributed by atoms with van der Waals surface area (Å²) in [5.41, 5.74) is 0.481. The van der Waals surface area contributed by atoms with Gasteiger partial charge in [-0.3, -0.25) is 4.98 Å². The Hall–Kier alpha value is -0.660. The van der Waals surface area contributed by atoms with E-state index in [9.17, 15) is 16.8 Å². The second-order valence-electron chi connectivity index (χ2n) is 3.20. The summed E-state index contributed by atoms with van der Waals surface area (Å²) < 4.78 is 44.9. The lowest BCUT2D eigenvalue weighted by atomic mass is 10.3. The molecule has 0 unspecified atom stereocenters. The van der Waals surface area contributed by atoms with E-state index in [0.717, 1.165) is 0 Å². The van der Waals surface area contributed by atoms with Crippen molar-refractivity contribution in [3.8, 4) is 0 Å². The average Bonchev–Trinajstić information content (AvgIpc) is 2.14. The Kier molecular flexibility index (Phi) is 3.92. The maximum Gasteiger partial charge on any atom is 0.233 e. The van der Waals surface area contributed by atoms with Gasteiger partial charge in [0.25, 0.3) is 0 Å². The van der Waals surface area contributed by atoms with Crippen LogP contribution in [-0.2, 0) is 18.9 Å². The van der Waals surface area contributed by atoms with Gasteiger partial charge in [0, 0.05) is 23.1 Å². The number of pyridine rings is 1. The van der Waals surface area contributed by atoms with Crippen molar-refractivity contribution in [1.29, 1.82) is 0 Å². The van der Waals surface area contributed by atoms with Gasteiger partial charge in [-0.05, 0) is 18.6 Å². The summed E-state index contributed by atoms with van der Waals surface area (Å²) in [5.74, 6) is -1.12. The Bertz CT molecular complexity index is 580. The number of aryl methyl sites for hydroxylation is 1. The molecule has 0 saturated carbocycles. The van der Waals surface area contributed by atoms with E-state index in [-0.39, 0.29) is 4.90 Å². The summed E-state index contributed by atoms with van der Waals surface area (Å²) in [7, 11) is -2.47. The van der Waals surface area contributed by atoms with Gasteiger partial charge in [-0.1, -0.05) is 0 Å². The summed E-state index contributed by atoms with van der Waals surface area (Å²) in [6, 6.07) is 1.34. The molecule has 0 aliphatic rings. The fourth-order valence-electron chi connectivity index (χ4n) is 1.13. The zero-order valence-corrected chi connectivity index (χ0v) is 10.8. The molecule has 0 aliphatic carbocycles. The predicted octanol–water partition coefficient (Wildman–Crippen LogP) is 0.732. The molecule has 0 aromatic carbocycles. The highest BCUT2D eigenvalue weighted by atomic mass is 35.7. The molecule has 0 radical (unpaired) electrons. The van der Waals surface area contributed by atoms with E-state index in [1.54, 1.807) is 6.92 Å². The van der Waals surface area contributed by atoms with Crippen molar-refractivity contribution in [3.05, 3.63) is 24.0 Å². The van der Waals surface area contributed by atoms with Gasteiger partial charge < -0.3 is 0 Å². The third kappa shape index (κ3) is 3.73. The molecule has 0 bridgehead atoms. The van der Waals surface area contributed by atoms with Gasteiger partial charge in [0.2, 0.25) is 9.05 Å². The number of nitrogens with zero attached hydrogens (tertiary/aromatic N) is 1. The van der Waals surface area contributed by atoms with E-state index >= 15 is 0 Å². The number of aromatic nitrogens is 1. The fourth-order valence-corrected chi connectivity index (χ4v) is 4.40. The van der Waals surface area contributed by atoms with Crippen LogP contribution in [-0.4, -0.2) is 33.3 Å². The highest BCUT2D eigenvalue weighted by Gasteiger charge is 2.19. The molecule has 0 aliphatic heterocycles. The molecule has 0 spiro atoms. The van der Waals surface area contributed by atoms with Gasteiger partial charge in [-0.2, -0.15) is 0 Å². The molecule has 0 atom stereocenters. The van der Waals surface area contributed by atoms with Crippen LogP contribution >= 0.6 is 10.7 Å². The van der Waals surface area contributed by atoms with E-state index in [1.807, 2.05) is 0 Å². The highest BCUT2D eigenvalue weighted by molar-refractivity contribution is 8.14. The first-order valence-corrected chi connectivity index (χ1v) is 8.41. The molecular formula is C8H10ClNO4S2. The number of rotatable bonds is 4. The van der Waals surface area contributed by atoms with Crippen molar-refractivity contribution < 1.29 is 16.8 Å². The Morgan fingerprint density at radius 3 is 2.38 bits per heavy atom. The molecule has 5 nitrogen and oxygen atoms in total. The molecule has 0 amide bonds. The first-order chi connectivity index (χ1) is 7.22. The van der Waals surface area contributed by atoms with Crippen molar-refractivity contribution in [3.63, 3.8) is 0 Å². The average molecular weight is 284 g/mol. The Morgan fingerprint density at radius 1 is 1.25 bits per heavy atom. The quantitative estimate of drug-likeness (QED) is 0.761. The maximum absolute atomic E-state index is 11.7. The summed E-state index contributed by atoms with van der Waals surface area (Å²) in [6.45, 7) is 1.59. The first-order valence-electron chi connectivity index (χ1n) is 4.28. The van der Waals surface area contributed by atoms with Gasteiger partial charge in [0.15, 0.2) is 9.84 Å². The van der Waals surface area contributed by atoms with E-state index < -0.39 is 30.4 Å². The van der Waals surface area contributed by atoms with Crippen LogP contribution in [0.25, 0.3) is 0 Å². The summed E-state index contributed by atoms with van der Waals surface area (Å²) in [4.78, 5) is 3.84. The number of sulfone groups is 1. The van der Waals surface area contributed by atoms with Gasteiger partial charge in [-0.15, -0.1) is 0 Å². The lowest BCUT2D eigenvalue weighted by molar-refractivity contribution is 0.592. The zero-order chi connectivity index (χ0) is 12.4. The Balaban J connectivity index is 3.01. The van der Waals surface area contributed by atoms with Crippen LogP contribution in [0, 0.1) is 6.92 Å². The van der Waals surface area contributed by atoms with Crippen LogP contribution in [0.4, 0.5) is 0 Å². The largest absolute Gasteiger partial charge is 0.264 e. The normalized spacial score (nSPS) is 12.6. The first kappa shape index (κ1) is 13.4. The van der Waals surface area contributed by atoms with Crippen molar-refractivity contribution in [2.24, 2.45) is 0 Å². The molecule has 8 heteroatoms. The van der Waals surface area contributed by atoms with Crippen molar-refractivity contribution in [2.45, 2.75) is 11.8 Å². The molecule has 1 rings (SSSR count). The Labute approximate surface area is 98.8 Å². The number of halogens is 1. The molecule has 90 valence electrons. The smallest absolute Gasteiger partial charge is 0.233 e. The third-order valence-electron chi connectivity index (χ3n) is 1.90. The lowest BCUT2D eigenvalue weighted by Gasteiger charge is -2.05. The topological polar surface area (TPSA) is 81.2 Å². The van der Waals surface area contributed by atoms with E-state index in [1.165, 1.54) is 18.5 Å². The van der Waals surface area contributed by atoms with Gasteiger partial charge in [0.1, 0.15) is 0 Å². The molecular weight excluding hydrogens is 274 g/mol. The predicted molar refractivity (Wildman–Crippen MR) is 60.7 cm³/mol. The van der Waals surface area contributed by atoms with Crippen molar-refractivity contribution in [1.82, 2.24) is 4.98 Å². The number of hydrogen-bond acceptors (Lipinski definition) is 5. The molecule has 1 aromatic heterocycles. The molecule has 0 N–H and O–H groups in total. The molecule has 0 fully saturated rings. The lowest BCUT2D eigenvalue weighted by Crippen LogP contribution is -2.15. The number of hydrogen-bond donors (Lipinski definition) is 0. The second kappa shape index (κ2) is 4.68. The SMILES string of the molecule is Cc1cnccc1S(=O)(=O)CCS(=O)(=O)Cl. The van der Waals surface area contributed by atoms with Crippen LogP contribution < -0.4 is 0 Å². The minimum absolute atomic E-state index is 0.0859. The van der Waals surface area contributed by atoms with Gasteiger partial charge in [-0.25, -0.2) is 16.8 Å². The molecule has 16 heavy (non-hydrogen) atoms. The third-order valence-corrected chi connectivity index (χ3v) is 5.18. The zero-order valence-electron chi connectivity index (χ0n) is 8.42. The minimum atomic E-state index is -3.80. The molecule has 1 aromatic rings. The van der Waals surface area contributed by atoms with Crippen LogP contribution in [0.5, 0.6) is 0 Å². The molecule has 0 saturated heterocycles. The van der Waals surface area contributed by atoms with E-state index in [4.69, 9.17) is 10.7 Å². The standard InChI is InChI=1S/C8H10ClNO4S2/c1-7-6-10-3-2-8(7)15(11,12)4-5-16(9,13)14/h2-3,6H,4-5H2,1H3. The fraction of sp³-hybridized carbons (Fsp3) is 0.375. The Morgan fingerprint density at radius 2 is 1.88 bits per heavy atom. The van der Waals surface area contributed by atoms with Crippen LogP contribution in [0.15, 0.2) is 23.4 Å². The second-order valence-corrected chi connectivity index (χ2v) is 8.18. The maximum atomic E-state index is 11.7. The van der Waals surface area contributed by atoms with Gasteiger partial charge >= 0.3 is 0 Å². The van der Waals surface area contributed by atoms with E-state index in [0.29, 0.717) is 5.56 Å². The van der Waals surface area contributed by atoms with Gasteiger partial charge in [0.05, 0.1) is 16.4 Å². The van der Waals surface area contributed by atoms with Crippen molar-refractivity contribution >= 4 is 29.6 Å².